The number of rotatable bonds is 6. The Balaban J connectivity index is 1.27. The Morgan fingerprint density at radius 2 is 1.84 bits per heavy atom. The van der Waals surface area contributed by atoms with E-state index in [2.05, 4.69) is 15.5 Å². The van der Waals surface area contributed by atoms with Gasteiger partial charge in [-0.25, -0.2) is 0 Å². The minimum atomic E-state index is 0.605. The summed E-state index contributed by atoms with van der Waals surface area (Å²) < 4.78 is 5.87. The van der Waals surface area contributed by atoms with Gasteiger partial charge in [-0.2, -0.15) is 0 Å². The van der Waals surface area contributed by atoms with Crippen molar-refractivity contribution in [2.45, 2.75) is 63.3 Å². The van der Waals surface area contributed by atoms with Gasteiger partial charge in [0.1, 0.15) is 0 Å². The first-order valence-electron chi connectivity index (χ1n) is 7.97. The topological polar surface area (TPSA) is 51.0 Å². The van der Waals surface area contributed by atoms with E-state index < -0.39 is 0 Å². The zero-order chi connectivity index (χ0) is 12.7. The Hall–Kier alpha value is -0.900. The number of nitrogens with zero attached hydrogens (tertiary/aromatic N) is 2. The van der Waals surface area contributed by atoms with Crippen molar-refractivity contribution in [2.75, 3.05) is 6.54 Å². The summed E-state index contributed by atoms with van der Waals surface area (Å²) in [6.45, 7) is 1.08. The average Bonchev–Trinajstić information content (AvgIpc) is 3.34. The van der Waals surface area contributed by atoms with Crippen molar-refractivity contribution in [3.05, 3.63) is 11.8 Å². The fourth-order valence-corrected chi connectivity index (χ4v) is 3.69. The van der Waals surface area contributed by atoms with E-state index in [1.165, 1.54) is 38.5 Å². The minimum Gasteiger partial charge on any atom is -0.425 e. The summed E-state index contributed by atoms with van der Waals surface area (Å²) in [4.78, 5) is 0. The molecule has 1 aromatic rings. The highest BCUT2D eigenvalue weighted by atomic mass is 16.4. The van der Waals surface area contributed by atoms with Crippen LogP contribution in [0.1, 0.15) is 62.6 Å². The zero-order valence-electron chi connectivity index (χ0n) is 11.5. The van der Waals surface area contributed by atoms with Gasteiger partial charge in [-0.3, -0.25) is 0 Å². The monoisotopic (exact) mass is 261 g/mol. The molecule has 3 saturated carbocycles. The summed E-state index contributed by atoms with van der Waals surface area (Å²) in [7, 11) is 0. The van der Waals surface area contributed by atoms with E-state index in [1.54, 1.807) is 0 Å². The highest BCUT2D eigenvalue weighted by molar-refractivity contribution is 5.14. The molecule has 0 amide bonds. The number of nitrogens with one attached hydrogen (secondary N) is 1. The third-order valence-corrected chi connectivity index (χ3v) is 5.00. The lowest BCUT2D eigenvalue weighted by atomic mass is 10.0. The number of aryl methyl sites for hydroxylation is 1. The maximum absolute atomic E-state index is 5.87. The Kier molecular flexibility index (Phi) is 3.06. The molecule has 3 aliphatic rings. The lowest BCUT2D eigenvalue weighted by Gasteiger charge is -2.04. The van der Waals surface area contributed by atoms with Gasteiger partial charge in [0.05, 0.1) is 0 Å². The summed E-state index contributed by atoms with van der Waals surface area (Å²) in [5.74, 6) is 4.10. The van der Waals surface area contributed by atoms with E-state index in [0.717, 1.165) is 49.0 Å². The van der Waals surface area contributed by atoms with Crippen LogP contribution in [0, 0.1) is 11.8 Å². The highest BCUT2D eigenvalue weighted by Gasteiger charge is 2.54. The summed E-state index contributed by atoms with van der Waals surface area (Å²) in [5.41, 5.74) is 0. The Labute approximate surface area is 114 Å². The van der Waals surface area contributed by atoms with E-state index >= 15 is 0 Å². The molecule has 1 N–H and O–H groups in total. The molecule has 3 fully saturated rings. The molecule has 104 valence electrons. The number of aromatic nitrogens is 2. The van der Waals surface area contributed by atoms with Crippen LogP contribution in [0.25, 0.3) is 0 Å². The van der Waals surface area contributed by atoms with Gasteiger partial charge in [-0.05, 0) is 50.5 Å². The quantitative estimate of drug-likeness (QED) is 0.800. The summed E-state index contributed by atoms with van der Waals surface area (Å²) in [6.07, 6.45) is 10.3. The van der Waals surface area contributed by atoms with Crippen LogP contribution < -0.4 is 5.32 Å². The van der Waals surface area contributed by atoms with E-state index in [0.29, 0.717) is 5.92 Å². The molecule has 3 aliphatic carbocycles. The van der Waals surface area contributed by atoms with Crippen LogP contribution in [0.5, 0.6) is 0 Å². The zero-order valence-corrected chi connectivity index (χ0v) is 11.5. The van der Waals surface area contributed by atoms with Gasteiger partial charge in [-0.1, -0.05) is 12.8 Å². The summed E-state index contributed by atoms with van der Waals surface area (Å²) in [5, 5.41) is 12.0. The van der Waals surface area contributed by atoms with Crippen LogP contribution in [0.15, 0.2) is 4.42 Å². The van der Waals surface area contributed by atoms with Gasteiger partial charge in [0.25, 0.3) is 0 Å². The molecule has 2 atom stereocenters. The first-order valence-corrected chi connectivity index (χ1v) is 7.97. The van der Waals surface area contributed by atoms with E-state index in [4.69, 9.17) is 4.42 Å². The molecular formula is C15H23N3O. The van der Waals surface area contributed by atoms with Gasteiger partial charge < -0.3 is 9.73 Å². The molecule has 4 heteroatoms. The molecule has 1 aromatic heterocycles. The maximum Gasteiger partial charge on any atom is 0.220 e. The van der Waals surface area contributed by atoms with Crippen molar-refractivity contribution < 1.29 is 4.42 Å². The molecule has 0 saturated heterocycles. The second-order valence-corrected chi connectivity index (χ2v) is 6.50. The molecule has 0 spiro atoms. The predicted octanol–water partition coefficient (Wildman–Crippen LogP) is 2.66. The SMILES string of the molecule is C(CNC1CC1)Cc1nnc(C2C3CCCCC32)o1. The molecular weight excluding hydrogens is 238 g/mol. The van der Waals surface area contributed by atoms with E-state index in [9.17, 15) is 0 Å². The van der Waals surface area contributed by atoms with Crippen molar-refractivity contribution in [2.24, 2.45) is 11.8 Å². The van der Waals surface area contributed by atoms with Crippen LogP contribution in [0.2, 0.25) is 0 Å². The molecule has 4 nitrogen and oxygen atoms in total. The number of hydrogen-bond donors (Lipinski definition) is 1. The number of fused-ring (bicyclic) bond motifs is 1. The minimum absolute atomic E-state index is 0.605. The first-order chi connectivity index (χ1) is 9.42. The fourth-order valence-electron chi connectivity index (χ4n) is 3.69. The summed E-state index contributed by atoms with van der Waals surface area (Å²) >= 11 is 0. The number of hydrogen-bond acceptors (Lipinski definition) is 4. The summed E-state index contributed by atoms with van der Waals surface area (Å²) in [6, 6.07) is 0.799. The third-order valence-electron chi connectivity index (χ3n) is 5.00. The molecule has 2 unspecified atom stereocenters. The van der Waals surface area contributed by atoms with E-state index in [-0.39, 0.29) is 0 Å². The Bertz CT molecular complexity index is 428. The van der Waals surface area contributed by atoms with Crippen molar-refractivity contribution in [3.8, 4) is 0 Å². The Morgan fingerprint density at radius 1 is 1.05 bits per heavy atom. The molecule has 0 radical (unpaired) electrons. The third kappa shape index (κ3) is 2.55. The molecule has 0 aromatic carbocycles. The van der Waals surface area contributed by atoms with Crippen molar-refractivity contribution >= 4 is 0 Å². The molecule has 19 heavy (non-hydrogen) atoms. The van der Waals surface area contributed by atoms with E-state index in [1.807, 2.05) is 0 Å². The second-order valence-electron chi connectivity index (χ2n) is 6.50. The maximum atomic E-state index is 5.87. The standard InChI is InChI=1S/C15H23N3O/c1-2-5-12-11(4-1)14(12)15-18-17-13(19-15)6-3-9-16-10-7-8-10/h10-12,14,16H,1-9H2. The largest absolute Gasteiger partial charge is 0.425 e. The first kappa shape index (κ1) is 11.9. The van der Waals surface area contributed by atoms with Crippen LogP contribution in [0.3, 0.4) is 0 Å². The average molecular weight is 261 g/mol. The van der Waals surface area contributed by atoms with Crippen molar-refractivity contribution in [3.63, 3.8) is 0 Å². The van der Waals surface area contributed by atoms with Gasteiger partial charge in [0, 0.05) is 18.4 Å². The van der Waals surface area contributed by atoms with Crippen LogP contribution in [-0.2, 0) is 6.42 Å². The van der Waals surface area contributed by atoms with Gasteiger partial charge >= 0.3 is 0 Å². The molecule has 0 aliphatic heterocycles. The van der Waals surface area contributed by atoms with Gasteiger partial charge in [0.15, 0.2) is 0 Å². The van der Waals surface area contributed by atoms with Crippen molar-refractivity contribution in [1.29, 1.82) is 0 Å². The molecule has 0 bridgehead atoms. The van der Waals surface area contributed by atoms with Crippen LogP contribution in [0.4, 0.5) is 0 Å². The lowest BCUT2D eigenvalue weighted by molar-refractivity contribution is 0.435. The fraction of sp³-hybridized carbons (Fsp3) is 0.867. The molecule has 4 rings (SSSR count). The second kappa shape index (κ2) is 4.89. The van der Waals surface area contributed by atoms with Gasteiger partial charge in [0.2, 0.25) is 11.8 Å². The normalized spacial score (nSPS) is 33.2. The molecule has 1 heterocycles. The van der Waals surface area contributed by atoms with Gasteiger partial charge in [-0.15, -0.1) is 10.2 Å². The predicted molar refractivity (Wildman–Crippen MR) is 71.8 cm³/mol. The van der Waals surface area contributed by atoms with Crippen molar-refractivity contribution in [1.82, 2.24) is 15.5 Å². The van der Waals surface area contributed by atoms with Crippen LogP contribution >= 0.6 is 0 Å². The highest BCUT2D eigenvalue weighted by Crippen LogP contribution is 2.60. The smallest absolute Gasteiger partial charge is 0.220 e. The lowest BCUT2D eigenvalue weighted by Crippen LogP contribution is -2.17. The Morgan fingerprint density at radius 3 is 2.58 bits per heavy atom. The van der Waals surface area contributed by atoms with Crippen LogP contribution in [-0.4, -0.2) is 22.8 Å².